The van der Waals surface area contributed by atoms with E-state index < -0.39 is 23.7 Å². The van der Waals surface area contributed by atoms with Gasteiger partial charge in [-0.2, -0.15) is 18.3 Å². The summed E-state index contributed by atoms with van der Waals surface area (Å²) in [5.41, 5.74) is -1.14. The first-order valence-electron chi connectivity index (χ1n) is 11.4. The highest BCUT2D eigenvalue weighted by molar-refractivity contribution is 5.88. The van der Waals surface area contributed by atoms with Gasteiger partial charge in [0.1, 0.15) is 5.82 Å². The maximum absolute atomic E-state index is 13.8. The predicted molar refractivity (Wildman–Crippen MR) is 116 cm³/mol. The number of ether oxygens (including phenoxy) is 1. The summed E-state index contributed by atoms with van der Waals surface area (Å²) >= 11 is 0. The van der Waals surface area contributed by atoms with Gasteiger partial charge in [0.15, 0.2) is 17.0 Å². The molecule has 2 aromatic heterocycles. The van der Waals surface area contributed by atoms with Crippen molar-refractivity contribution < 1.29 is 27.1 Å². The number of benzene rings is 1. The quantitative estimate of drug-likeness (QED) is 0.393. The van der Waals surface area contributed by atoms with E-state index in [9.17, 15) is 22.4 Å². The van der Waals surface area contributed by atoms with Gasteiger partial charge < -0.3 is 4.74 Å². The molecule has 0 aliphatic carbocycles. The Morgan fingerprint density at radius 1 is 1.06 bits per heavy atom. The third-order valence-corrected chi connectivity index (χ3v) is 6.72. The number of carbonyl (C=O) groups excluding carboxylic acids is 1. The van der Waals surface area contributed by atoms with Crippen LogP contribution in [-0.4, -0.2) is 51.2 Å². The van der Waals surface area contributed by atoms with Crippen molar-refractivity contribution in [2.24, 2.45) is 5.92 Å². The predicted octanol–water partition coefficient (Wildman–Crippen LogP) is 4.98. The number of piperidine rings is 2. The largest absolute Gasteiger partial charge is 0.461 e. The average Bonchev–Trinajstić information content (AvgIpc) is 3.26. The van der Waals surface area contributed by atoms with Gasteiger partial charge in [-0.15, -0.1) is 0 Å². The molecular formula is C24H24F4N4O2. The molecule has 2 aliphatic heterocycles. The normalized spacial score (nSPS) is 21.4. The van der Waals surface area contributed by atoms with Gasteiger partial charge in [-0.25, -0.2) is 18.7 Å². The van der Waals surface area contributed by atoms with E-state index in [-0.39, 0.29) is 29.6 Å². The smallest absolute Gasteiger partial charge is 0.433 e. The second-order valence-electron chi connectivity index (χ2n) is 8.93. The summed E-state index contributed by atoms with van der Waals surface area (Å²) in [6, 6.07) is 7.39. The molecule has 0 radical (unpaired) electrons. The van der Waals surface area contributed by atoms with Crippen molar-refractivity contribution in [2.75, 3.05) is 19.7 Å². The minimum Gasteiger partial charge on any atom is -0.461 e. The highest BCUT2D eigenvalue weighted by Crippen LogP contribution is 2.33. The number of nitrogens with zero attached hydrogens (tertiary/aromatic N) is 4. The lowest BCUT2D eigenvalue weighted by molar-refractivity contribution is -0.142. The lowest BCUT2D eigenvalue weighted by Gasteiger charge is -2.44. The highest BCUT2D eigenvalue weighted by Gasteiger charge is 2.36. The average molecular weight is 476 g/mol. The van der Waals surface area contributed by atoms with E-state index >= 15 is 0 Å². The molecule has 0 amide bonds. The molecular weight excluding hydrogens is 452 g/mol. The minimum atomic E-state index is -4.74. The molecule has 0 saturated carbocycles. The van der Waals surface area contributed by atoms with Crippen LogP contribution >= 0.6 is 0 Å². The van der Waals surface area contributed by atoms with Crippen LogP contribution in [0.4, 0.5) is 17.6 Å². The van der Waals surface area contributed by atoms with Gasteiger partial charge in [0, 0.05) is 23.6 Å². The van der Waals surface area contributed by atoms with Gasteiger partial charge in [-0.1, -0.05) is 6.42 Å². The monoisotopic (exact) mass is 476 g/mol. The van der Waals surface area contributed by atoms with Crippen LogP contribution in [-0.2, 0) is 10.9 Å². The van der Waals surface area contributed by atoms with Crippen LogP contribution in [0.25, 0.3) is 16.9 Å². The zero-order chi connectivity index (χ0) is 23.9. The zero-order valence-corrected chi connectivity index (χ0v) is 18.4. The molecule has 10 heteroatoms. The van der Waals surface area contributed by atoms with E-state index in [2.05, 4.69) is 15.0 Å². The number of esters is 1. The molecule has 6 nitrogen and oxygen atoms in total. The lowest BCUT2D eigenvalue weighted by atomic mass is 9.84. The molecule has 5 rings (SSSR count). The molecule has 0 unspecified atom stereocenters. The number of halogens is 4. The van der Waals surface area contributed by atoms with Crippen molar-refractivity contribution in [3.8, 4) is 11.3 Å². The lowest BCUT2D eigenvalue weighted by Crippen LogP contribution is -2.49. The van der Waals surface area contributed by atoms with Crippen LogP contribution < -0.4 is 0 Å². The number of rotatable bonds is 4. The molecule has 2 saturated heterocycles. The van der Waals surface area contributed by atoms with Crippen molar-refractivity contribution >= 4 is 11.6 Å². The molecule has 2 aliphatic rings. The SMILES string of the molecule is O=C(OC[C@H]1CCCN2CCCC[C@@H]12)c1cc2nc(-c3ccc(F)cc3)cc(C(F)(F)F)n2n1. The van der Waals surface area contributed by atoms with Crippen LogP contribution in [0.15, 0.2) is 36.4 Å². The van der Waals surface area contributed by atoms with Gasteiger partial charge in [-0.05, 0) is 69.1 Å². The third-order valence-electron chi connectivity index (χ3n) is 6.72. The fraction of sp³-hybridized carbons (Fsp3) is 0.458. The van der Waals surface area contributed by atoms with Gasteiger partial charge >= 0.3 is 12.1 Å². The zero-order valence-electron chi connectivity index (χ0n) is 18.4. The summed E-state index contributed by atoms with van der Waals surface area (Å²) in [6.45, 7) is 2.34. The Morgan fingerprint density at radius 3 is 2.59 bits per heavy atom. The number of alkyl halides is 3. The van der Waals surface area contributed by atoms with Crippen LogP contribution in [0, 0.1) is 11.7 Å². The Kier molecular flexibility index (Phi) is 6.01. The first kappa shape index (κ1) is 22.8. The summed E-state index contributed by atoms with van der Waals surface area (Å²) in [7, 11) is 0. The van der Waals surface area contributed by atoms with Crippen molar-refractivity contribution in [1.29, 1.82) is 0 Å². The van der Waals surface area contributed by atoms with E-state index in [0.717, 1.165) is 57.0 Å². The molecule has 0 bridgehead atoms. The Labute approximate surface area is 193 Å². The van der Waals surface area contributed by atoms with Gasteiger partial charge in [0.2, 0.25) is 0 Å². The van der Waals surface area contributed by atoms with E-state index in [1.54, 1.807) is 0 Å². The van der Waals surface area contributed by atoms with Gasteiger partial charge in [-0.3, -0.25) is 4.90 Å². The molecule has 2 atom stereocenters. The molecule has 180 valence electrons. The fourth-order valence-corrected chi connectivity index (χ4v) is 5.07. The number of fused-ring (bicyclic) bond motifs is 2. The second kappa shape index (κ2) is 8.98. The van der Waals surface area contributed by atoms with Crippen LogP contribution in [0.2, 0.25) is 0 Å². The van der Waals surface area contributed by atoms with Crippen molar-refractivity contribution in [3.63, 3.8) is 0 Å². The van der Waals surface area contributed by atoms with E-state index in [1.165, 1.54) is 24.6 Å². The molecule has 3 aromatic rings. The van der Waals surface area contributed by atoms with Crippen molar-refractivity contribution in [1.82, 2.24) is 19.5 Å². The summed E-state index contributed by atoms with van der Waals surface area (Å²) in [4.78, 5) is 19.4. The summed E-state index contributed by atoms with van der Waals surface area (Å²) < 4.78 is 60.7. The summed E-state index contributed by atoms with van der Waals surface area (Å²) in [5, 5.41) is 3.86. The number of aromatic nitrogens is 3. The summed E-state index contributed by atoms with van der Waals surface area (Å²) in [6.07, 6.45) is 0.662. The van der Waals surface area contributed by atoms with Gasteiger partial charge in [0.25, 0.3) is 0 Å². The number of hydrogen-bond acceptors (Lipinski definition) is 5. The topological polar surface area (TPSA) is 59.7 Å². The molecule has 0 N–H and O–H groups in total. The van der Waals surface area contributed by atoms with E-state index in [1.807, 2.05) is 0 Å². The summed E-state index contributed by atoms with van der Waals surface area (Å²) in [5.74, 6) is -1.07. The van der Waals surface area contributed by atoms with E-state index in [0.29, 0.717) is 16.1 Å². The molecule has 0 spiro atoms. The molecule has 1 aromatic carbocycles. The highest BCUT2D eigenvalue weighted by atomic mass is 19.4. The fourth-order valence-electron chi connectivity index (χ4n) is 5.07. The van der Waals surface area contributed by atoms with Crippen LogP contribution in [0.1, 0.15) is 48.3 Å². The first-order chi connectivity index (χ1) is 16.3. The van der Waals surface area contributed by atoms with Crippen molar-refractivity contribution in [3.05, 3.63) is 53.6 Å². The van der Waals surface area contributed by atoms with Gasteiger partial charge in [0.05, 0.1) is 12.3 Å². The Hall–Kier alpha value is -3.01. The first-order valence-corrected chi connectivity index (χ1v) is 11.4. The molecule has 2 fully saturated rings. The maximum Gasteiger partial charge on any atom is 0.433 e. The van der Waals surface area contributed by atoms with Crippen LogP contribution in [0.3, 0.4) is 0 Å². The third kappa shape index (κ3) is 4.51. The molecule has 34 heavy (non-hydrogen) atoms. The minimum absolute atomic E-state index is 0.000706. The number of hydrogen-bond donors (Lipinski definition) is 0. The maximum atomic E-state index is 13.8. The second-order valence-corrected chi connectivity index (χ2v) is 8.93. The standard InChI is InChI=1S/C24H24F4N4O2/c25-17-8-6-15(7-9-17)18-12-21(24(26,27)28)32-22(29-18)13-19(30-32)23(33)34-14-16-4-3-11-31-10-2-1-5-20(16)31/h6-9,12-13,16,20H,1-5,10-11,14H2/t16-,20+/m1/s1. The van der Waals surface area contributed by atoms with E-state index in [4.69, 9.17) is 4.74 Å². The molecule has 4 heterocycles. The van der Waals surface area contributed by atoms with Crippen molar-refractivity contribution in [2.45, 2.75) is 44.3 Å². The Morgan fingerprint density at radius 2 is 1.82 bits per heavy atom. The Balaban J connectivity index is 1.40. The Bertz CT molecular complexity index is 1190. The number of carbonyl (C=O) groups is 1. The van der Waals surface area contributed by atoms with Crippen LogP contribution in [0.5, 0.6) is 0 Å².